The van der Waals surface area contributed by atoms with Crippen molar-refractivity contribution in [1.29, 1.82) is 0 Å². The van der Waals surface area contributed by atoms with Gasteiger partial charge in [0, 0.05) is 31.9 Å². The van der Waals surface area contributed by atoms with Gasteiger partial charge in [0.05, 0.1) is 6.54 Å². The van der Waals surface area contributed by atoms with Crippen LogP contribution < -0.4 is 4.72 Å². The van der Waals surface area contributed by atoms with Gasteiger partial charge in [-0.25, -0.2) is 4.21 Å². The van der Waals surface area contributed by atoms with Crippen LogP contribution in [0, 0.1) is 5.92 Å². The molecular weight excluding hydrogens is 357 g/mol. The van der Waals surface area contributed by atoms with Crippen LogP contribution in [0.15, 0.2) is 0 Å². The molecule has 25 heavy (non-hydrogen) atoms. The maximum atomic E-state index is 12.2. The molecule has 1 aliphatic carbocycles. The number of nitrogens with one attached hydrogen (secondary N) is 1. The molecule has 1 N–H and O–H groups in total. The van der Waals surface area contributed by atoms with E-state index < -0.39 is 11.0 Å². The lowest BCUT2D eigenvalue weighted by molar-refractivity contribution is -0.121. The summed E-state index contributed by atoms with van der Waals surface area (Å²) in [5.74, 6) is 0.449. The zero-order valence-corrected chi connectivity index (χ0v) is 17.3. The molecule has 144 valence electrons. The highest BCUT2D eigenvalue weighted by atomic mass is 32.2. The van der Waals surface area contributed by atoms with Gasteiger partial charge in [0.25, 0.3) is 0 Å². The van der Waals surface area contributed by atoms with E-state index in [1.807, 2.05) is 11.6 Å². The predicted octanol–water partition coefficient (Wildman–Crippen LogP) is 2.17. The van der Waals surface area contributed by atoms with Crippen molar-refractivity contribution in [3.05, 3.63) is 0 Å². The highest BCUT2D eigenvalue weighted by Crippen LogP contribution is 2.27. The van der Waals surface area contributed by atoms with Crippen LogP contribution in [-0.4, -0.2) is 70.7 Å². The Kier molecular flexibility index (Phi) is 8.80. The van der Waals surface area contributed by atoms with E-state index in [1.54, 1.807) is 0 Å². The fourth-order valence-corrected chi connectivity index (χ4v) is 4.92. The SMILES string of the molecule is CPC(=O)N1CCCC(N(CC(=O)NS(C)=O)CC2CCCCC2)C1. The normalized spacial score (nSPS) is 24.0. The average molecular weight is 390 g/mol. The van der Waals surface area contributed by atoms with Crippen molar-refractivity contribution in [3.8, 4) is 0 Å². The van der Waals surface area contributed by atoms with Crippen LogP contribution in [0.5, 0.6) is 0 Å². The third-order valence-corrected chi connectivity index (χ3v) is 6.49. The van der Waals surface area contributed by atoms with E-state index >= 15 is 0 Å². The van der Waals surface area contributed by atoms with E-state index in [9.17, 15) is 13.8 Å². The van der Waals surface area contributed by atoms with Crippen molar-refractivity contribution < 1.29 is 13.8 Å². The molecule has 1 aliphatic heterocycles. The summed E-state index contributed by atoms with van der Waals surface area (Å²) < 4.78 is 13.8. The summed E-state index contributed by atoms with van der Waals surface area (Å²) >= 11 is 0. The lowest BCUT2D eigenvalue weighted by atomic mass is 9.88. The Balaban J connectivity index is 2.01. The topological polar surface area (TPSA) is 69.7 Å². The molecule has 6 nitrogen and oxygen atoms in total. The van der Waals surface area contributed by atoms with Gasteiger partial charge in [-0.2, -0.15) is 0 Å². The zero-order valence-electron chi connectivity index (χ0n) is 15.5. The second-order valence-electron chi connectivity index (χ2n) is 7.21. The molecule has 2 rings (SSSR count). The summed E-state index contributed by atoms with van der Waals surface area (Å²) in [5.41, 5.74) is 0.224. The smallest absolute Gasteiger partial charge is 0.245 e. The Labute approximate surface area is 155 Å². The molecule has 0 spiro atoms. The minimum absolute atomic E-state index is 0.183. The quantitative estimate of drug-likeness (QED) is 0.678. The monoisotopic (exact) mass is 389 g/mol. The van der Waals surface area contributed by atoms with E-state index in [0.717, 1.165) is 32.5 Å². The van der Waals surface area contributed by atoms with Crippen molar-refractivity contribution in [2.75, 3.05) is 39.1 Å². The number of rotatable bonds is 7. The van der Waals surface area contributed by atoms with Crippen LogP contribution in [0.3, 0.4) is 0 Å². The number of amides is 2. The number of likely N-dealkylation sites (tertiary alicyclic amines) is 1. The lowest BCUT2D eigenvalue weighted by Crippen LogP contribution is -2.52. The third kappa shape index (κ3) is 6.95. The summed E-state index contributed by atoms with van der Waals surface area (Å²) in [4.78, 5) is 28.5. The van der Waals surface area contributed by atoms with Gasteiger partial charge < -0.3 is 4.90 Å². The Bertz CT molecular complexity index is 486. The second kappa shape index (κ2) is 10.6. The molecule has 2 amide bonds. The molecule has 8 heteroatoms. The highest BCUT2D eigenvalue weighted by Gasteiger charge is 2.30. The van der Waals surface area contributed by atoms with Gasteiger partial charge in [0.2, 0.25) is 11.6 Å². The van der Waals surface area contributed by atoms with Crippen LogP contribution in [-0.2, 0) is 15.8 Å². The number of hydrogen-bond donors (Lipinski definition) is 1. The van der Waals surface area contributed by atoms with E-state index in [2.05, 4.69) is 9.62 Å². The Morgan fingerprint density at radius 1 is 1.20 bits per heavy atom. The van der Waals surface area contributed by atoms with E-state index in [0.29, 0.717) is 14.5 Å². The number of carbonyl (C=O) groups is 2. The Morgan fingerprint density at radius 3 is 2.56 bits per heavy atom. The largest absolute Gasteiger partial charge is 0.338 e. The van der Waals surface area contributed by atoms with Crippen LogP contribution >= 0.6 is 8.58 Å². The first-order valence-corrected chi connectivity index (χ1v) is 12.4. The molecular formula is C17H32N3O3PS. The number of carbonyl (C=O) groups excluding carboxylic acids is 2. The van der Waals surface area contributed by atoms with Crippen molar-refractivity contribution in [1.82, 2.24) is 14.5 Å². The van der Waals surface area contributed by atoms with E-state index in [4.69, 9.17) is 0 Å². The summed E-state index contributed by atoms with van der Waals surface area (Å²) in [6.45, 7) is 4.66. The van der Waals surface area contributed by atoms with Crippen LogP contribution in [0.2, 0.25) is 0 Å². The Morgan fingerprint density at radius 2 is 1.92 bits per heavy atom. The first kappa shape index (κ1) is 20.8. The van der Waals surface area contributed by atoms with Gasteiger partial charge in [0.1, 0.15) is 11.0 Å². The van der Waals surface area contributed by atoms with Gasteiger partial charge in [-0.3, -0.25) is 19.2 Å². The standard InChI is InChI=1S/C17H32N3O3PS/c1-24-17(22)19-10-6-9-15(12-19)20(13-16(21)18-25(2)23)11-14-7-4-3-5-8-14/h14-15,24H,3-13H2,1-2H3,(H,18,21). The number of piperidine rings is 1. The van der Waals surface area contributed by atoms with Crippen LogP contribution in [0.1, 0.15) is 44.9 Å². The minimum atomic E-state index is -1.33. The molecule has 0 aromatic rings. The molecule has 1 saturated carbocycles. The lowest BCUT2D eigenvalue weighted by Gasteiger charge is -2.40. The van der Waals surface area contributed by atoms with Crippen LogP contribution in [0.25, 0.3) is 0 Å². The number of hydrogen-bond acceptors (Lipinski definition) is 4. The van der Waals surface area contributed by atoms with Gasteiger partial charge in [-0.15, -0.1) is 0 Å². The molecule has 1 heterocycles. The fraction of sp³-hybridized carbons (Fsp3) is 0.882. The van der Waals surface area contributed by atoms with Crippen molar-refractivity contribution in [2.45, 2.75) is 51.0 Å². The maximum absolute atomic E-state index is 12.2. The highest BCUT2D eigenvalue weighted by molar-refractivity contribution is 7.82. The molecule has 3 unspecified atom stereocenters. The predicted molar refractivity (Wildman–Crippen MR) is 105 cm³/mol. The van der Waals surface area contributed by atoms with Gasteiger partial charge in [-0.1, -0.05) is 19.3 Å². The number of nitrogens with zero attached hydrogens (tertiary/aromatic N) is 2. The molecule has 2 fully saturated rings. The molecule has 0 bridgehead atoms. The Hall–Kier alpha value is -0.520. The summed E-state index contributed by atoms with van der Waals surface area (Å²) in [6, 6.07) is 0.229. The average Bonchev–Trinajstić information content (AvgIpc) is 2.61. The fourth-order valence-electron chi connectivity index (χ4n) is 4.02. The third-order valence-electron chi connectivity index (χ3n) is 5.24. The summed E-state index contributed by atoms with van der Waals surface area (Å²) in [5, 5.41) is 0. The van der Waals surface area contributed by atoms with E-state index in [-0.39, 0.29) is 24.1 Å². The summed E-state index contributed by atoms with van der Waals surface area (Å²) in [6.07, 6.45) is 9.80. The van der Waals surface area contributed by atoms with Gasteiger partial charge in [-0.05, 0) is 46.8 Å². The van der Waals surface area contributed by atoms with Crippen molar-refractivity contribution in [3.63, 3.8) is 0 Å². The minimum Gasteiger partial charge on any atom is -0.338 e. The molecule has 2 aliphatic rings. The van der Waals surface area contributed by atoms with Gasteiger partial charge in [0.15, 0.2) is 0 Å². The van der Waals surface area contributed by atoms with Crippen LogP contribution in [0.4, 0.5) is 4.79 Å². The second-order valence-corrected chi connectivity index (χ2v) is 9.25. The molecule has 3 atom stereocenters. The van der Waals surface area contributed by atoms with Crippen molar-refractivity contribution >= 4 is 31.1 Å². The molecule has 1 saturated heterocycles. The van der Waals surface area contributed by atoms with E-state index in [1.165, 1.54) is 38.4 Å². The molecule has 0 aromatic heterocycles. The molecule has 0 radical (unpaired) electrons. The first-order chi connectivity index (χ1) is 12.0. The summed E-state index contributed by atoms with van der Waals surface area (Å²) in [7, 11) is -1.04. The van der Waals surface area contributed by atoms with Crippen molar-refractivity contribution in [2.24, 2.45) is 5.92 Å². The first-order valence-electron chi connectivity index (χ1n) is 9.33. The molecule has 0 aromatic carbocycles. The van der Waals surface area contributed by atoms with Gasteiger partial charge >= 0.3 is 0 Å². The maximum Gasteiger partial charge on any atom is 0.245 e. The zero-order chi connectivity index (χ0) is 18.2.